The molecular formula is C11H19NO2S. The van der Waals surface area contributed by atoms with E-state index in [4.69, 9.17) is 5.11 Å². The van der Waals surface area contributed by atoms with E-state index in [2.05, 4.69) is 4.90 Å². The largest absolute Gasteiger partial charge is 0.480 e. The Hall–Kier alpha value is -0.220. The second-order valence-corrected chi connectivity index (χ2v) is 5.72. The van der Waals surface area contributed by atoms with Gasteiger partial charge in [0.1, 0.15) is 6.04 Å². The first-order chi connectivity index (χ1) is 7.27. The Morgan fingerprint density at radius 2 is 2.13 bits per heavy atom. The molecule has 1 aliphatic heterocycles. The molecule has 86 valence electrons. The van der Waals surface area contributed by atoms with E-state index in [0.717, 1.165) is 30.5 Å². The van der Waals surface area contributed by atoms with Crippen LogP contribution in [0.5, 0.6) is 0 Å². The highest BCUT2D eigenvalue weighted by Gasteiger charge is 2.30. The van der Waals surface area contributed by atoms with Gasteiger partial charge in [-0.05, 0) is 18.8 Å². The van der Waals surface area contributed by atoms with Crippen molar-refractivity contribution in [2.45, 2.75) is 31.7 Å². The van der Waals surface area contributed by atoms with Gasteiger partial charge < -0.3 is 5.11 Å². The van der Waals surface area contributed by atoms with Crippen LogP contribution >= 0.6 is 11.8 Å². The summed E-state index contributed by atoms with van der Waals surface area (Å²) in [5.41, 5.74) is 0. The summed E-state index contributed by atoms with van der Waals surface area (Å²) in [7, 11) is 0. The van der Waals surface area contributed by atoms with Crippen molar-refractivity contribution in [3.8, 4) is 0 Å². The number of thioether (sulfide) groups is 1. The number of aliphatic carboxylic acids is 1. The highest BCUT2D eigenvalue weighted by Crippen LogP contribution is 2.27. The normalized spacial score (nSPS) is 29.5. The van der Waals surface area contributed by atoms with Gasteiger partial charge in [0, 0.05) is 24.6 Å². The van der Waals surface area contributed by atoms with Crippen LogP contribution in [-0.2, 0) is 4.79 Å². The van der Waals surface area contributed by atoms with Crippen molar-refractivity contribution >= 4 is 17.7 Å². The summed E-state index contributed by atoms with van der Waals surface area (Å²) < 4.78 is 0. The van der Waals surface area contributed by atoms with Crippen LogP contribution in [0, 0.1) is 5.92 Å². The maximum Gasteiger partial charge on any atom is 0.321 e. The number of rotatable bonds is 3. The smallest absolute Gasteiger partial charge is 0.321 e. The molecule has 15 heavy (non-hydrogen) atoms. The van der Waals surface area contributed by atoms with Gasteiger partial charge in [0.2, 0.25) is 0 Å². The summed E-state index contributed by atoms with van der Waals surface area (Å²) in [5, 5.41) is 9.13. The standard InChI is InChI=1S/C11H19NO2S/c13-11(14)10-8-15-6-5-12(10)7-9-3-1-2-4-9/h9-10H,1-8H2,(H,13,14). The fourth-order valence-electron chi connectivity index (χ4n) is 2.61. The Bertz CT molecular complexity index is 229. The fourth-order valence-corrected chi connectivity index (χ4v) is 3.72. The Labute approximate surface area is 95.2 Å². The van der Waals surface area contributed by atoms with Gasteiger partial charge in [-0.1, -0.05) is 12.8 Å². The van der Waals surface area contributed by atoms with Crippen LogP contribution in [0.2, 0.25) is 0 Å². The SMILES string of the molecule is O=C(O)C1CSCCN1CC1CCCC1. The van der Waals surface area contributed by atoms with Gasteiger partial charge in [-0.3, -0.25) is 9.69 Å². The number of nitrogens with zero attached hydrogens (tertiary/aromatic N) is 1. The lowest BCUT2D eigenvalue weighted by atomic mass is 10.1. The summed E-state index contributed by atoms with van der Waals surface area (Å²) in [5.74, 6) is 1.98. The van der Waals surface area contributed by atoms with E-state index in [0.29, 0.717) is 0 Å². The van der Waals surface area contributed by atoms with E-state index in [-0.39, 0.29) is 6.04 Å². The van der Waals surface area contributed by atoms with E-state index in [1.54, 1.807) is 11.8 Å². The minimum atomic E-state index is -0.639. The average molecular weight is 229 g/mol. The molecule has 1 unspecified atom stereocenters. The third kappa shape index (κ3) is 2.88. The average Bonchev–Trinajstić information content (AvgIpc) is 2.71. The van der Waals surface area contributed by atoms with E-state index < -0.39 is 5.97 Å². The Kier molecular flexibility index (Phi) is 3.92. The third-order valence-corrected chi connectivity index (χ3v) is 4.51. The first-order valence-electron chi connectivity index (χ1n) is 5.82. The second kappa shape index (κ2) is 5.21. The zero-order valence-electron chi connectivity index (χ0n) is 9.02. The number of carbonyl (C=O) groups is 1. The maximum atomic E-state index is 11.1. The van der Waals surface area contributed by atoms with Crippen molar-refractivity contribution in [3.63, 3.8) is 0 Å². The molecule has 0 aromatic rings. The summed E-state index contributed by atoms with van der Waals surface area (Å²) in [6.07, 6.45) is 5.28. The molecule has 0 aromatic heterocycles. The molecule has 0 bridgehead atoms. The van der Waals surface area contributed by atoms with Gasteiger partial charge in [0.05, 0.1) is 0 Å². The monoisotopic (exact) mass is 229 g/mol. The Morgan fingerprint density at radius 3 is 2.80 bits per heavy atom. The van der Waals surface area contributed by atoms with Crippen LogP contribution in [0.1, 0.15) is 25.7 Å². The van der Waals surface area contributed by atoms with Crippen LogP contribution in [0.15, 0.2) is 0 Å². The number of hydrogen-bond acceptors (Lipinski definition) is 3. The number of carboxylic acid groups (broad SMARTS) is 1. The summed E-state index contributed by atoms with van der Waals surface area (Å²) in [6.45, 7) is 1.97. The first-order valence-corrected chi connectivity index (χ1v) is 6.97. The Balaban J connectivity index is 1.89. The van der Waals surface area contributed by atoms with E-state index in [1.807, 2.05) is 0 Å². The zero-order valence-corrected chi connectivity index (χ0v) is 9.84. The van der Waals surface area contributed by atoms with Gasteiger partial charge in [-0.15, -0.1) is 0 Å². The minimum Gasteiger partial charge on any atom is -0.480 e. The number of carboxylic acids is 1. The molecule has 1 saturated heterocycles. The predicted molar refractivity (Wildman–Crippen MR) is 62.3 cm³/mol. The third-order valence-electron chi connectivity index (χ3n) is 3.49. The van der Waals surface area contributed by atoms with E-state index in [1.165, 1.54) is 25.7 Å². The molecule has 1 aliphatic carbocycles. The summed E-state index contributed by atoms with van der Waals surface area (Å²) >= 11 is 1.77. The topological polar surface area (TPSA) is 40.5 Å². The molecule has 2 fully saturated rings. The van der Waals surface area contributed by atoms with Crippen molar-refractivity contribution in [2.24, 2.45) is 5.92 Å². The summed E-state index contributed by atoms with van der Waals surface area (Å²) in [4.78, 5) is 13.3. The van der Waals surface area contributed by atoms with E-state index >= 15 is 0 Å². The van der Waals surface area contributed by atoms with Crippen LogP contribution in [0.3, 0.4) is 0 Å². The summed E-state index contributed by atoms with van der Waals surface area (Å²) in [6, 6.07) is -0.232. The molecule has 0 amide bonds. The lowest BCUT2D eigenvalue weighted by Gasteiger charge is -2.34. The molecule has 1 N–H and O–H groups in total. The molecule has 0 spiro atoms. The van der Waals surface area contributed by atoms with Crippen molar-refractivity contribution in [1.82, 2.24) is 4.90 Å². The van der Waals surface area contributed by atoms with Crippen molar-refractivity contribution < 1.29 is 9.90 Å². The van der Waals surface area contributed by atoms with Crippen molar-refractivity contribution in [1.29, 1.82) is 0 Å². The number of hydrogen-bond donors (Lipinski definition) is 1. The molecule has 0 aromatic carbocycles. The molecule has 4 heteroatoms. The van der Waals surface area contributed by atoms with Gasteiger partial charge in [-0.2, -0.15) is 11.8 Å². The van der Waals surface area contributed by atoms with Crippen molar-refractivity contribution in [3.05, 3.63) is 0 Å². The lowest BCUT2D eigenvalue weighted by molar-refractivity contribution is -0.142. The van der Waals surface area contributed by atoms with Crippen LogP contribution < -0.4 is 0 Å². The first kappa shape index (κ1) is 11.3. The van der Waals surface area contributed by atoms with E-state index in [9.17, 15) is 4.79 Å². The van der Waals surface area contributed by atoms with Gasteiger partial charge in [0.15, 0.2) is 0 Å². The highest BCUT2D eigenvalue weighted by molar-refractivity contribution is 7.99. The molecule has 2 rings (SSSR count). The van der Waals surface area contributed by atoms with Gasteiger partial charge in [0.25, 0.3) is 0 Å². The quantitative estimate of drug-likeness (QED) is 0.799. The molecule has 3 nitrogen and oxygen atoms in total. The predicted octanol–water partition coefficient (Wildman–Crippen LogP) is 1.68. The minimum absolute atomic E-state index is 0.232. The molecule has 1 atom stereocenters. The fraction of sp³-hybridized carbons (Fsp3) is 0.909. The molecule has 1 saturated carbocycles. The zero-order chi connectivity index (χ0) is 10.7. The van der Waals surface area contributed by atoms with Crippen LogP contribution in [-0.4, -0.2) is 46.6 Å². The maximum absolute atomic E-state index is 11.1. The van der Waals surface area contributed by atoms with Crippen LogP contribution in [0.4, 0.5) is 0 Å². The van der Waals surface area contributed by atoms with Gasteiger partial charge >= 0.3 is 5.97 Å². The van der Waals surface area contributed by atoms with Gasteiger partial charge in [-0.25, -0.2) is 0 Å². The molecule has 1 heterocycles. The Morgan fingerprint density at radius 1 is 1.40 bits per heavy atom. The molecule has 0 radical (unpaired) electrons. The molecular weight excluding hydrogens is 210 g/mol. The highest BCUT2D eigenvalue weighted by atomic mass is 32.2. The second-order valence-electron chi connectivity index (χ2n) is 4.57. The molecule has 2 aliphatic rings. The van der Waals surface area contributed by atoms with Crippen LogP contribution in [0.25, 0.3) is 0 Å². The lowest BCUT2D eigenvalue weighted by Crippen LogP contribution is -2.48. The van der Waals surface area contributed by atoms with Crippen molar-refractivity contribution in [2.75, 3.05) is 24.6 Å².